The van der Waals surface area contributed by atoms with Gasteiger partial charge in [0.15, 0.2) is 0 Å². The molecule has 7 heteroatoms. The van der Waals surface area contributed by atoms with Crippen molar-refractivity contribution in [3.8, 4) is 0 Å². The van der Waals surface area contributed by atoms with E-state index in [4.69, 9.17) is 4.74 Å². The number of carbonyl (C=O) groups is 1. The van der Waals surface area contributed by atoms with Crippen LogP contribution in [0.1, 0.15) is 35.3 Å². The van der Waals surface area contributed by atoms with Crippen LogP contribution in [0.15, 0.2) is 66.7 Å². The van der Waals surface area contributed by atoms with E-state index in [1.165, 1.54) is 24.3 Å². The van der Waals surface area contributed by atoms with Crippen molar-refractivity contribution in [1.29, 1.82) is 0 Å². The maximum atomic E-state index is 14.2. The van der Waals surface area contributed by atoms with E-state index in [9.17, 15) is 13.6 Å². The van der Waals surface area contributed by atoms with Gasteiger partial charge < -0.3 is 19.9 Å². The van der Waals surface area contributed by atoms with Gasteiger partial charge in [-0.2, -0.15) is 0 Å². The molecule has 2 aliphatic heterocycles. The molecule has 5 rings (SSSR count). The summed E-state index contributed by atoms with van der Waals surface area (Å²) in [6.07, 6.45) is 0.589. The lowest BCUT2D eigenvalue weighted by atomic mass is 9.90. The van der Waals surface area contributed by atoms with Crippen LogP contribution in [-0.4, -0.2) is 38.3 Å². The summed E-state index contributed by atoms with van der Waals surface area (Å²) >= 11 is 0. The van der Waals surface area contributed by atoms with Crippen molar-refractivity contribution in [3.63, 3.8) is 0 Å². The van der Waals surface area contributed by atoms with Crippen LogP contribution in [0, 0.1) is 11.6 Å². The van der Waals surface area contributed by atoms with E-state index in [0.717, 1.165) is 24.5 Å². The van der Waals surface area contributed by atoms with Crippen molar-refractivity contribution in [2.75, 3.05) is 41.4 Å². The molecule has 0 aliphatic carbocycles. The van der Waals surface area contributed by atoms with Crippen molar-refractivity contribution < 1.29 is 18.3 Å². The van der Waals surface area contributed by atoms with Crippen molar-refractivity contribution in [3.05, 3.63) is 89.5 Å². The molecule has 1 amide bonds. The van der Waals surface area contributed by atoms with Gasteiger partial charge in [0.25, 0.3) is 5.91 Å². The zero-order chi connectivity index (χ0) is 23.7. The van der Waals surface area contributed by atoms with Crippen LogP contribution in [0.3, 0.4) is 0 Å². The number of morpholine rings is 1. The fourth-order valence-electron chi connectivity index (χ4n) is 4.80. The molecule has 2 aliphatic rings. The van der Waals surface area contributed by atoms with Crippen molar-refractivity contribution in [2.24, 2.45) is 0 Å². The standard InChI is InChI=1S/C27H27F2N3O2/c1-18-16-25(30-22-7-4-20(28)5-8-22)24-17-21(29)6-11-26(24)32(18)27(33)19-2-9-23(10-3-19)31-12-14-34-15-13-31/h2-11,17-18,25,30H,12-16H2,1H3/t18-,25+/m0/s1. The number of halogens is 2. The number of ether oxygens (including phenoxy) is 1. The predicted octanol–water partition coefficient (Wildman–Crippen LogP) is 5.39. The largest absolute Gasteiger partial charge is 0.378 e. The quantitative estimate of drug-likeness (QED) is 0.563. The van der Waals surface area contributed by atoms with E-state index in [1.807, 2.05) is 31.2 Å². The van der Waals surface area contributed by atoms with Gasteiger partial charge in [0.2, 0.25) is 0 Å². The Kier molecular flexibility index (Phi) is 6.20. The molecule has 1 N–H and O–H groups in total. The van der Waals surface area contributed by atoms with Crippen LogP contribution in [-0.2, 0) is 4.74 Å². The monoisotopic (exact) mass is 463 g/mol. The number of hydrogen-bond donors (Lipinski definition) is 1. The number of rotatable bonds is 4. The number of hydrogen-bond acceptors (Lipinski definition) is 4. The smallest absolute Gasteiger partial charge is 0.258 e. The molecule has 3 aromatic carbocycles. The topological polar surface area (TPSA) is 44.8 Å². The minimum atomic E-state index is -0.360. The average molecular weight is 464 g/mol. The third-order valence-electron chi connectivity index (χ3n) is 6.54. The maximum Gasteiger partial charge on any atom is 0.258 e. The number of anilines is 3. The summed E-state index contributed by atoms with van der Waals surface area (Å²) in [6.45, 7) is 5.06. The van der Waals surface area contributed by atoms with Gasteiger partial charge in [0.1, 0.15) is 11.6 Å². The molecule has 2 heterocycles. The number of carbonyl (C=O) groups excluding carboxylic acids is 1. The molecule has 1 fully saturated rings. The second-order valence-electron chi connectivity index (χ2n) is 8.81. The molecule has 176 valence electrons. The summed E-state index contributed by atoms with van der Waals surface area (Å²) in [7, 11) is 0. The summed E-state index contributed by atoms with van der Waals surface area (Å²) in [5, 5.41) is 3.38. The number of benzene rings is 3. The summed E-state index contributed by atoms with van der Waals surface area (Å²) in [6, 6.07) is 17.9. The van der Waals surface area contributed by atoms with Crippen LogP contribution < -0.4 is 15.1 Å². The molecule has 5 nitrogen and oxygen atoms in total. The van der Waals surface area contributed by atoms with Crippen molar-refractivity contribution >= 4 is 23.0 Å². The van der Waals surface area contributed by atoms with Gasteiger partial charge in [0, 0.05) is 47.3 Å². The van der Waals surface area contributed by atoms with Crippen LogP contribution >= 0.6 is 0 Å². The Morgan fingerprint density at radius 2 is 1.62 bits per heavy atom. The molecule has 0 spiro atoms. The molecule has 0 saturated carbocycles. The molecule has 0 radical (unpaired) electrons. The van der Waals surface area contributed by atoms with Gasteiger partial charge in [0.05, 0.1) is 19.3 Å². The van der Waals surface area contributed by atoms with Crippen LogP contribution in [0.4, 0.5) is 25.8 Å². The highest BCUT2D eigenvalue weighted by Crippen LogP contribution is 2.40. The Bertz CT molecular complexity index is 1160. The highest BCUT2D eigenvalue weighted by atomic mass is 19.1. The second-order valence-corrected chi connectivity index (χ2v) is 8.81. The first-order valence-electron chi connectivity index (χ1n) is 11.6. The third kappa shape index (κ3) is 4.48. The van der Waals surface area contributed by atoms with Gasteiger partial charge in [-0.05, 0) is 80.1 Å². The van der Waals surface area contributed by atoms with Gasteiger partial charge in [-0.25, -0.2) is 8.78 Å². The Morgan fingerprint density at radius 3 is 2.32 bits per heavy atom. The Balaban J connectivity index is 1.41. The van der Waals surface area contributed by atoms with E-state index in [2.05, 4.69) is 10.2 Å². The summed E-state index contributed by atoms with van der Waals surface area (Å²) in [4.78, 5) is 17.6. The van der Waals surface area contributed by atoms with E-state index in [0.29, 0.717) is 36.4 Å². The zero-order valence-electron chi connectivity index (χ0n) is 19.0. The molecule has 3 aromatic rings. The normalized spacial score (nSPS) is 20.1. The highest BCUT2D eigenvalue weighted by molar-refractivity contribution is 6.07. The number of fused-ring (bicyclic) bond motifs is 1. The summed E-state index contributed by atoms with van der Waals surface area (Å²) in [5.74, 6) is -0.791. The number of nitrogens with one attached hydrogen (secondary N) is 1. The molecule has 0 unspecified atom stereocenters. The lowest BCUT2D eigenvalue weighted by Crippen LogP contribution is -2.44. The number of amides is 1. The number of nitrogens with zero attached hydrogens (tertiary/aromatic N) is 2. The van der Waals surface area contributed by atoms with Gasteiger partial charge in [-0.3, -0.25) is 4.79 Å². The van der Waals surface area contributed by atoms with Crippen LogP contribution in [0.2, 0.25) is 0 Å². The highest BCUT2D eigenvalue weighted by Gasteiger charge is 2.34. The lowest BCUT2D eigenvalue weighted by Gasteiger charge is -2.40. The first-order chi connectivity index (χ1) is 16.5. The fraction of sp³-hybridized carbons (Fsp3) is 0.296. The molecule has 2 atom stereocenters. The lowest BCUT2D eigenvalue weighted by molar-refractivity contribution is 0.0974. The Morgan fingerprint density at radius 1 is 0.941 bits per heavy atom. The molecule has 0 bridgehead atoms. The van der Waals surface area contributed by atoms with Crippen LogP contribution in [0.5, 0.6) is 0 Å². The second kappa shape index (κ2) is 9.43. The zero-order valence-corrected chi connectivity index (χ0v) is 19.0. The average Bonchev–Trinajstić information content (AvgIpc) is 2.86. The van der Waals surface area contributed by atoms with E-state index in [1.54, 1.807) is 23.1 Å². The molecule has 34 heavy (non-hydrogen) atoms. The van der Waals surface area contributed by atoms with E-state index in [-0.39, 0.29) is 29.6 Å². The molecule has 0 aromatic heterocycles. The van der Waals surface area contributed by atoms with Crippen molar-refractivity contribution in [1.82, 2.24) is 0 Å². The maximum absolute atomic E-state index is 14.2. The van der Waals surface area contributed by atoms with Crippen molar-refractivity contribution in [2.45, 2.75) is 25.4 Å². The third-order valence-corrected chi connectivity index (χ3v) is 6.54. The Labute approximate surface area is 197 Å². The first kappa shape index (κ1) is 22.3. The summed E-state index contributed by atoms with van der Waals surface area (Å²) < 4.78 is 33.0. The first-order valence-corrected chi connectivity index (χ1v) is 11.6. The fourth-order valence-corrected chi connectivity index (χ4v) is 4.80. The Hall–Kier alpha value is -3.45. The van der Waals surface area contributed by atoms with E-state index >= 15 is 0 Å². The summed E-state index contributed by atoms with van der Waals surface area (Å²) in [5.41, 5.74) is 3.79. The van der Waals surface area contributed by atoms with Gasteiger partial charge in [-0.1, -0.05) is 0 Å². The molecule has 1 saturated heterocycles. The minimum absolute atomic E-state index is 0.117. The van der Waals surface area contributed by atoms with E-state index < -0.39 is 0 Å². The minimum Gasteiger partial charge on any atom is -0.378 e. The van der Waals surface area contributed by atoms with Crippen LogP contribution in [0.25, 0.3) is 0 Å². The SMILES string of the molecule is C[C@H]1C[C@@H](Nc2ccc(F)cc2)c2cc(F)ccc2N1C(=O)c1ccc(N2CCOCC2)cc1. The van der Waals surface area contributed by atoms with Gasteiger partial charge >= 0.3 is 0 Å². The molecular weight excluding hydrogens is 436 g/mol. The van der Waals surface area contributed by atoms with Gasteiger partial charge in [-0.15, -0.1) is 0 Å². The molecular formula is C27H27F2N3O2. The predicted molar refractivity (Wildman–Crippen MR) is 130 cm³/mol.